The van der Waals surface area contributed by atoms with Crippen molar-refractivity contribution in [3.05, 3.63) is 0 Å². The van der Waals surface area contributed by atoms with E-state index in [1.807, 2.05) is 0 Å². The Morgan fingerprint density at radius 1 is 0.800 bits per heavy atom. The summed E-state index contributed by atoms with van der Waals surface area (Å²) >= 11 is 0. The van der Waals surface area contributed by atoms with E-state index >= 15 is 0 Å². The molecule has 2 saturated heterocycles. The van der Waals surface area contributed by atoms with Crippen LogP contribution in [0.3, 0.4) is 0 Å². The van der Waals surface area contributed by atoms with Crippen molar-refractivity contribution in [3.8, 4) is 0 Å². The molecule has 12 N–H and O–H groups in total. The van der Waals surface area contributed by atoms with E-state index in [-0.39, 0.29) is 0 Å². The number of ether oxygens (including phenoxy) is 4. The predicted octanol–water partition coefficient (Wildman–Crippen LogP) is -7.65. The third-order valence-electron chi connectivity index (χ3n) is 6.55. The first-order chi connectivity index (χ1) is 18.8. The lowest BCUT2D eigenvalue weighted by Gasteiger charge is -2.47. The van der Waals surface area contributed by atoms with Crippen LogP contribution in [0, 0.1) is 0 Å². The van der Waals surface area contributed by atoms with Crippen molar-refractivity contribution in [3.63, 3.8) is 0 Å². The third-order valence-corrected chi connectivity index (χ3v) is 6.55. The third kappa shape index (κ3) is 8.23. The van der Waals surface area contributed by atoms with Crippen LogP contribution in [0.5, 0.6) is 0 Å². The summed E-state index contributed by atoms with van der Waals surface area (Å²) in [4.78, 5) is 23.3. The predicted molar refractivity (Wildman–Crippen MR) is 127 cm³/mol. The molecule has 0 radical (unpaired) electrons. The van der Waals surface area contributed by atoms with Gasteiger partial charge in [0, 0.05) is 13.8 Å². The van der Waals surface area contributed by atoms with Gasteiger partial charge < -0.3 is 80.6 Å². The van der Waals surface area contributed by atoms with Gasteiger partial charge in [-0.15, -0.1) is 0 Å². The van der Waals surface area contributed by atoms with Crippen LogP contribution in [0.25, 0.3) is 0 Å². The SMILES string of the molecule is CC(=O)N[C@@H](CO)[C@@H](OC1O[C@H](CO)[C@H](O)[C@H](OC2O[C@H](CO)[C@@H](O)[C@H](O)[C@H]2NC(C)=O)[C@H]1O)[C@@H](O)[C@H](O)CO. The van der Waals surface area contributed by atoms with E-state index in [2.05, 4.69) is 10.6 Å². The van der Waals surface area contributed by atoms with Crippen LogP contribution in [0.2, 0.25) is 0 Å². The second-order valence-electron chi connectivity index (χ2n) is 9.57. The highest BCUT2D eigenvalue weighted by Gasteiger charge is 2.52. The monoisotopic (exact) mass is 588 g/mol. The zero-order valence-corrected chi connectivity index (χ0v) is 21.8. The number of aliphatic hydroxyl groups is 10. The molecule has 0 aliphatic carbocycles. The molecule has 18 heteroatoms. The fraction of sp³-hybridized carbons (Fsp3) is 0.909. The van der Waals surface area contributed by atoms with Crippen LogP contribution < -0.4 is 10.6 Å². The van der Waals surface area contributed by atoms with Crippen LogP contribution in [0.1, 0.15) is 13.8 Å². The maximum atomic E-state index is 11.7. The van der Waals surface area contributed by atoms with E-state index in [1.54, 1.807) is 0 Å². The Balaban J connectivity index is 2.39. The minimum atomic E-state index is -1.99. The molecule has 2 aliphatic rings. The summed E-state index contributed by atoms with van der Waals surface area (Å²) in [6, 6.07) is -2.87. The van der Waals surface area contributed by atoms with Gasteiger partial charge in [-0.2, -0.15) is 0 Å². The van der Waals surface area contributed by atoms with Crippen molar-refractivity contribution in [2.24, 2.45) is 0 Å². The minimum absolute atomic E-state index is 0.675. The first kappa shape index (κ1) is 34.6. The fourth-order valence-electron chi connectivity index (χ4n) is 4.46. The average Bonchev–Trinajstić information content (AvgIpc) is 2.91. The topological polar surface area (TPSA) is 297 Å². The lowest BCUT2D eigenvalue weighted by atomic mass is 9.95. The van der Waals surface area contributed by atoms with Gasteiger partial charge in [0.25, 0.3) is 0 Å². The number of aliphatic hydroxyl groups excluding tert-OH is 10. The van der Waals surface area contributed by atoms with Gasteiger partial charge in [-0.1, -0.05) is 0 Å². The van der Waals surface area contributed by atoms with Crippen molar-refractivity contribution < 1.29 is 79.6 Å². The second kappa shape index (κ2) is 15.6. The Labute approximate surface area is 228 Å². The van der Waals surface area contributed by atoms with E-state index in [0.29, 0.717) is 0 Å². The van der Waals surface area contributed by atoms with Crippen LogP contribution in [-0.2, 0) is 28.5 Å². The Morgan fingerprint density at radius 2 is 1.38 bits per heavy atom. The summed E-state index contributed by atoms with van der Waals surface area (Å²) in [6.07, 6.45) is -21.0. The largest absolute Gasteiger partial charge is 0.394 e. The number of carbonyl (C=O) groups excluding carboxylic acids is 2. The fourth-order valence-corrected chi connectivity index (χ4v) is 4.46. The average molecular weight is 589 g/mol. The van der Waals surface area contributed by atoms with Crippen LogP contribution in [0.15, 0.2) is 0 Å². The van der Waals surface area contributed by atoms with Crippen molar-refractivity contribution in [2.75, 3.05) is 26.4 Å². The normalized spacial score (nSPS) is 37.7. The van der Waals surface area contributed by atoms with Crippen LogP contribution in [-0.4, -0.2) is 175 Å². The van der Waals surface area contributed by atoms with Gasteiger partial charge in [-0.05, 0) is 0 Å². The number of nitrogens with one attached hydrogen (secondary N) is 2. The first-order valence-electron chi connectivity index (χ1n) is 12.5. The molecule has 2 heterocycles. The smallest absolute Gasteiger partial charge is 0.217 e. The number of amides is 2. The number of hydrogen-bond donors (Lipinski definition) is 12. The van der Waals surface area contributed by atoms with Gasteiger partial charge in [0.1, 0.15) is 67.1 Å². The second-order valence-corrected chi connectivity index (χ2v) is 9.57. The van der Waals surface area contributed by atoms with E-state index < -0.39 is 124 Å². The van der Waals surface area contributed by atoms with E-state index in [1.165, 1.54) is 0 Å². The zero-order valence-electron chi connectivity index (χ0n) is 21.8. The summed E-state index contributed by atoms with van der Waals surface area (Å²) < 4.78 is 22.1. The molecule has 234 valence electrons. The first-order valence-corrected chi connectivity index (χ1v) is 12.5. The molecule has 0 saturated carbocycles. The molecule has 0 aromatic rings. The highest BCUT2D eigenvalue weighted by molar-refractivity contribution is 5.73. The standard InChI is InChI=1S/C22H40N2O16/c1-7(29)23-9(3-25)19(14(32)10(31)4-26)39-22-18(36)20(16(34)12(6-28)38-22)40-21-13(24-8(2)30)17(35)15(33)11(5-27)37-21/h9-22,25-28,31-36H,3-6H2,1-2H3,(H,23,29)(H,24,30)/t9-,10+,11+,12+,13+,14-,15+,16-,17+,18+,19+,20-,21?,22?/m0/s1. The van der Waals surface area contributed by atoms with Crippen molar-refractivity contribution in [1.29, 1.82) is 0 Å². The molecule has 0 bridgehead atoms. The number of hydrogen-bond acceptors (Lipinski definition) is 16. The van der Waals surface area contributed by atoms with Crippen LogP contribution in [0.4, 0.5) is 0 Å². The van der Waals surface area contributed by atoms with Gasteiger partial charge in [0.2, 0.25) is 11.8 Å². The molecule has 40 heavy (non-hydrogen) atoms. The molecule has 2 amide bonds. The lowest BCUT2D eigenvalue weighted by molar-refractivity contribution is -0.357. The summed E-state index contributed by atoms with van der Waals surface area (Å²) in [5.74, 6) is -1.35. The van der Waals surface area contributed by atoms with Gasteiger partial charge in [-0.3, -0.25) is 9.59 Å². The molecule has 0 aromatic heterocycles. The zero-order chi connectivity index (χ0) is 30.3. The summed E-state index contributed by atoms with van der Waals surface area (Å²) in [7, 11) is 0. The number of rotatable bonds is 13. The minimum Gasteiger partial charge on any atom is -0.394 e. The highest BCUT2D eigenvalue weighted by Crippen LogP contribution is 2.31. The summed E-state index contributed by atoms with van der Waals surface area (Å²) in [6.45, 7) is -1.27. The molecule has 2 aliphatic heterocycles. The van der Waals surface area contributed by atoms with Crippen molar-refractivity contribution in [1.82, 2.24) is 10.6 Å². The maximum absolute atomic E-state index is 11.7. The van der Waals surface area contributed by atoms with E-state index in [0.717, 1.165) is 13.8 Å². The van der Waals surface area contributed by atoms with Gasteiger partial charge in [0.05, 0.1) is 32.5 Å². The Morgan fingerprint density at radius 3 is 1.88 bits per heavy atom. The Kier molecular flexibility index (Phi) is 13.5. The summed E-state index contributed by atoms with van der Waals surface area (Å²) in [5, 5.41) is 106. The van der Waals surface area contributed by atoms with E-state index in [4.69, 9.17) is 18.9 Å². The lowest BCUT2D eigenvalue weighted by Crippen LogP contribution is -2.68. The summed E-state index contributed by atoms with van der Waals surface area (Å²) in [5.41, 5.74) is 0. The van der Waals surface area contributed by atoms with Gasteiger partial charge >= 0.3 is 0 Å². The van der Waals surface area contributed by atoms with Crippen molar-refractivity contribution >= 4 is 11.8 Å². The van der Waals surface area contributed by atoms with Gasteiger partial charge in [-0.25, -0.2) is 0 Å². The molecule has 14 atom stereocenters. The van der Waals surface area contributed by atoms with Crippen LogP contribution >= 0.6 is 0 Å². The molecule has 0 aromatic carbocycles. The molecular formula is C22H40N2O16. The molecule has 18 nitrogen and oxygen atoms in total. The highest BCUT2D eigenvalue weighted by atomic mass is 16.7. The Hall–Kier alpha value is -1.62. The molecule has 2 fully saturated rings. The maximum Gasteiger partial charge on any atom is 0.217 e. The number of carbonyl (C=O) groups is 2. The molecule has 2 rings (SSSR count). The van der Waals surface area contributed by atoms with Gasteiger partial charge in [0.15, 0.2) is 12.6 Å². The van der Waals surface area contributed by atoms with Crippen molar-refractivity contribution in [2.45, 2.75) is 99.6 Å². The quantitative estimate of drug-likeness (QED) is 0.0950. The molecule has 2 unspecified atom stereocenters. The molecule has 0 spiro atoms. The van der Waals surface area contributed by atoms with E-state index in [9.17, 15) is 60.7 Å². The molecular weight excluding hydrogens is 548 g/mol. The Bertz CT molecular complexity index is 809.